The molecule has 0 saturated carbocycles. The summed E-state index contributed by atoms with van der Waals surface area (Å²) in [4.78, 5) is 11.7. The van der Waals surface area contributed by atoms with Gasteiger partial charge in [-0.3, -0.25) is 14.5 Å². The molecule has 0 unspecified atom stereocenters. The SMILES string of the molecule is Cc1nn(-c2ccccc2)c2nc3c(cc12)C1=NCCN1c1nncn1-3. The van der Waals surface area contributed by atoms with Gasteiger partial charge in [-0.1, -0.05) is 18.2 Å². The van der Waals surface area contributed by atoms with Crippen molar-refractivity contribution >= 4 is 22.8 Å². The summed E-state index contributed by atoms with van der Waals surface area (Å²) in [5.74, 6) is 2.48. The first kappa shape index (κ1) is 13.7. The van der Waals surface area contributed by atoms with Crippen LogP contribution in [0.5, 0.6) is 0 Å². The van der Waals surface area contributed by atoms with Gasteiger partial charge in [0.15, 0.2) is 11.5 Å². The van der Waals surface area contributed by atoms with Gasteiger partial charge >= 0.3 is 0 Å². The smallest absolute Gasteiger partial charge is 0.238 e. The second-order valence-electron chi connectivity index (χ2n) is 6.42. The van der Waals surface area contributed by atoms with Crippen LogP contribution in [0, 0.1) is 6.92 Å². The molecule has 0 N–H and O–H groups in total. The third kappa shape index (κ3) is 1.65. The molecule has 0 atom stereocenters. The number of benzene rings is 1. The highest BCUT2D eigenvalue weighted by molar-refractivity contribution is 6.15. The number of para-hydroxylation sites is 1. The minimum Gasteiger partial charge on any atom is -0.292 e. The second kappa shape index (κ2) is 4.75. The molecule has 3 aromatic heterocycles. The summed E-state index contributed by atoms with van der Waals surface area (Å²) in [7, 11) is 0. The van der Waals surface area contributed by atoms with Crippen LogP contribution in [0.2, 0.25) is 0 Å². The van der Waals surface area contributed by atoms with Crippen LogP contribution in [0.4, 0.5) is 5.95 Å². The first-order valence-electron chi connectivity index (χ1n) is 8.50. The Hall–Kier alpha value is -3.55. The van der Waals surface area contributed by atoms with Crippen LogP contribution >= 0.6 is 0 Å². The van der Waals surface area contributed by atoms with Gasteiger partial charge in [0.25, 0.3) is 0 Å². The Labute approximate surface area is 148 Å². The number of aryl methyl sites for hydroxylation is 1. The Morgan fingerprint density at radius 3 is 2.88 bits per heavy atom. The van der Waals surface area contributed by atoms with Gasteiger partial charge in [-0.2, -0.15) is 5.10 Å². The predicted molar refractivity (Wildman–Crippen MR) is 97.3 cm³/mol. The van der Waals surface area contributed by atoms with Gasteiger partial charge in [-0.15, -0.1) is 10.2 Å². The Morgan fingerprint density at radius 2 is 2.00 bits per heavy atom. The summed E-state index contributed by atoms with van der Waals surface area (Å²) in [6.45, 7) is 3.58. The Morgan fingerprint density at radius 1 is 1.12 bits per heavy atom. The standard InChI is InChI=1S/C18H14N8/c1-11-13-9-14-15-19-7-8-24(15)18-22-20-10-25(18)16(14)21-17(13)26(23-11)12-5-3-2-4-6-12/h2-6,9-10H,7-8H2,1H3. The van der Waals surface area contributed by atoms with Crippen molar-refractivity contribution in [3.63, 3.8) is 0 Å². The summed E-state index contributed by atoms with van der Waals surface area (Å²) < 4.78 is 3.81. The van der Waals surface area contributed by atoms with E-state index < -0.39 is 0 Å². The van der Waals surface area contributed by atoms with Crippen LogP contribution in [-0.4, -0.2) is 48.5 Å². The summed E-state index contributed by atoms with van der Waals surface area (Å²) in [6.07, 6.45) is 1.71. The summed E-state index contributed by atoms with van der Waals surface area (Å²) >= 11 is 0. The van der Waals surface area contributed by atoms with Crippen molar-refractivity contribution in [1.82, 2.24) is 29.5 Å². The zero-order chi connectivity index (χ0) is 17.3. The third-order valence-electron chi connectivity index (χ3n) is 4.90. The predicted octanol–water partition coefficient (Wildman–Crippen LogP) is 1.89. The number of rotatable bonds is 1. The van der Waals surface area contributed by atoms with E-state index in [2.05, 4.69) is 26.2 Å². The molecule has 2 aliphatic rings. The number of aliphatic imine (C=N–C) groups is 1. The lowest BCUT2D eigenvalue weighted by Gasteiger charge is -2.26. The molecule has 0 fully saturated rings. The third-order valence-corrected chi connectivity index (χ3v) is 4.90. The lowest BCUT2D eigenvalue weighted by Crippen LogP contribution is -2.35. The van der Waals surface area contributed by atoms with E-state index in [9.17, 15) is 0 Å². The lowest BCUT2D eigenvalue weighted by atomic mass is 10.1. The molecule has 6 rings (SSSR count). The van der Waals surface area contributed by atoms with Crippen molar-refractivity contribution in [2.45, 2.75) is 6.92 Å². The van der Waals surface area contributed by atoms with Crippen LogP contribution in [0.3, 0.4) is 0 Å². The monoisotopic (exact) mass is 342 g/mol. The molecule has 0 radical (unpaired) electrons. The molecule has 5 heterocycles. The maximum atomic E-state index is 4.96. The van der Waals surface area contributed by atoms with Crippen molar-refractivity contribution in [2.75, 3.05) is 18.0 Å². The van der Waals surface area contributed by atoms with Crippen LogP contribution in [0.25, 0.3) is 22.5 Å². The molecule has 0 aliphatic carbocycles. The zero-order valence-corrected chi connectivity index (χ0v) is 14.0. The molecule has 4 aromatic rings. The maximum Gasteiger partial charge on any atom is 0.238 e. The highest BCUT2D eigenvalue weighted by atomic mass is 15.5. The average Bonchev–Trinajstić information content (AvgIpc) is 3.40. The van der Waals surface area contributed by atoms with Gasteiger partial charge < -0.3 is 0 Å². The number of aromatic nitrogens is 6. The van der Waals surface area contributed by atoms with Gasteiger partial charge in [0.05, 0.1) is 23.5 Å². The molecule has 26 heavy (non-hydrogen) atoms. The molecule has 126 valence electrons. The van der Waals surface area contributed by atoms with Gasteiger partial charge in [0.1, 0.15) is 12.2 Å². The zero-order valence-electron chi connectivity index (χ0n) is 14.0. The fourth-order valence-corrected chi connectivity index (χ4v) is 3.71. The van der Waals surface area contributed by atoms with E-state index in [4.69, 9.17) is 10.1 Å². The molecule has 0 spiro atoms. The topological polar surface area (TPSA) is 77.0 Å². The molecular weight excluding hydrogens is 328 g/mol. The number of anilines is 1. The molecule has 0 amide bonds. The molecular formula is C18H14N8. The Bertz CT molecular complexity index is 1200. The van der Waals surface area contributed by atoms with E-state index in [1.807, 2.05) is 46.5 Å². The maximum absolute atomic E-state index is 4.96. The fraction of sp³-hybridized carbons (Fsp3) is 0.167. The van der Waals surface area contributed by atoms with Gasteiger partial charge in [0.2, 0.25) is 5.95 Å². The summed E-state index contributed by atoms with van der Waals surface area (Å²) in [6, 6.07) is 12.2. The Kier molecular flexibility index (Phi) is 2.51. The normalized spacial score (nSPS) is 15.0. The number of nitrogens with zero attached hydrogens (tertiary/aromatic N) is 8. The van der Waals surface area contributed by atoms with Crippen LogP contribution in [0.1, 0.15) is 11.3 Å². The van der Waals surface area contributed by atoms with E-state index in [1.54, 1.807) is 6.33 Å². The molecule has 0 saturated heterocycles. The van der Waals surface area contributed by atoms with Crippen molar-refractivity contribution in [3.8, 4) is 11.5 Å². The number of pyridine rings is 1. The average molecular weight is 342 g/mol. The van der Waals surface area contributed by atoms with Crippen LogP contribution in [0.15, 0.2) is 47.7 Å². The highest BCUT2D eigenvalue weighted by Crippen LogP contribution is 2.33. The Balaban J connectivity index is 1.69. The minimum absolute atomic E-state index is 0.752. The number of hydrogen-bond acceptors (Lipinski definition) is 6. The van der Waals surface area contributed by atoms with E-state index in [-0.39, 0.29) is 0 Å². The first-order chi connectivity index (χ1) is 12.8. The number of hydrogen-bond donors (Lipinski definition) is 0. The van der Waals surface area contributed by atoms with Crippen molar-refractivity contribution in [3.05, 3.63) is 54.0 Å². The number of amidine groups is 1. The van der Waals surface area contributed by atoms with E-state index in [1.165, 1.54) is 0 Å². The largest absolute Gasteiger partial charge is 0.292 e. The quantitative estimate of drug-likeness (QED) is 0.528. The number of fused-ring (bicyclic) bond motifs is 7. The highest BCUT2D eigenvalue weighted by Gasteiger charge is 2.34. The molecule has 1 aromatic carbocycles. The van der Waals surface area contributed by atoms with Crippen molar-refractivity contribution in [2.24, 2.45) is 4.99 Å². The second-order valence-corrected chi connectivity index (χ2v) is 6.42. The molecule has 0 bridgehead atoms. The van der Waals surface area contributed by atoms with Crippen molar-refractivity contribution < 1.29 is 0 Å². The van der Waals surface area contributed by atoms with Crippen LogP contribution < -0.4 is 4.90 Å². The lowest BCUT2D eigenvalue weighted by molar-refractivity contribution is 0.864. The van der Waals surface area contributed by atoms with Gasteiger partial charge in [0, 0.05) is 11.9 Å². The first-order valence-corrected chi connectivity index (χ1v) is 8.50. The molecule has 2 aliphatic heterocycles. The molecule has 8 heteroatoms. The van der Waals surface area contributed by atoms with E-state index >= 15 is 0 Å². The van der Waals surface area contributed by atoms with Crippen LogP contribution in [-0.2, 0) is 0 Å². The van der Waals surface area contributed by atoms with Gasteiger partial charge in [-0.25, -0.2) is 9.67 Å². The van der Waals surface area contributed by atoms with E-state index in [0.29, 0.717) is 0 Å². The fourth-order valence-electron chi connectivity index (χ4n) is 3.71. The summed E-state index contributed by atoms with van der Waals surface area (Å²) in [5.41, 5.74) is 3.74. The summed E-state index contributed by atoms with van der Waals surface area (Å²) in [5, 5.41) is 14.1. The van der Waals surface area contributed by atoms with Crippen molar-refractivity contribution in [1.29, 1.82) is 0 Å². The molecule has 8 nitrogen and oxygen atoms in total. The van der Waals surface area contributed by atoms with Gasteiger partial charge in [-0.05, 0) is 25.1 Å². The minimum atomic E-state index is 0.752. The van der Waals surface area contributed by atoms with E-state index in [0.717, 1.165) is 58.7 Å².